The first-order chi connectivity index (χ1) is 13.7. The van der Waals surface area contributed by atoms with Gasteiger partial charge in [-0.1, -0.05) is 31.9 Å². The Morgan fingerprint density at radius 1 is 1.07 bits per heavy atom. The smallest absolute Gasteiger partial charge is 0.423 e. The number of hydrogen-bond acceptors (Lipinski definition) is 3. The van der Waals surface area contributed by atoms with Crippen LogP contribution in [0.5, 0.6) is 11.5 Å². The Morgan fingerprint density at radius 3 is 2.31 bits per heavy atom. The minimum absolute atomic E-state index is 0. The first-order valence-electron chi connectivity index (χ1n) is 9.56. The Hall–Kier alpha value is -2.57. The van der Waals surface area contributed by atoms with Crippen molar-refractivity contribution in [1.29, 1.82) is 0 Å². The molecule has 3 nitrogen and oxygen atoms in total. The van der Waals surface area contributed by atoms with Gasteiger partial charge in [-0.25, -0.2) is 9.18 Å². The molecule has 158 valence electrons. The topological polar surface area (TPSA) is 35.5 Å². The third kappa shape index (κ3) is 6.21. The molecule has 1 aliphatic carbocycles. The molecule has 2 aromatic rings. The maximum atomic E-state index is 13.7. The second-order valence-corrected chi connectivity index (χ2v) is 7.56. The molecule has 2 aromatic carbocycles. The number of ether oxygens (including phenoxy) is 2. The molecule has 29 heavy (non-hydrogen) atoms. The van der Waals surface area contributed by atoms with Crippen molar-refractivity contribution in [2.75, 3.05) is 0 Å². The van der Waals surface area contributed by atoms with Gasteiger partial charge >= 0.3 is 12.3 Å². The summed E-state index contributed by atoms with van der Waals surface area (Å²) in [6, 6.07) is 9.50. The van der Waals surface area contributed by atoms with E-state index in [0.717, 1.165) is 30.0 Å². The molecule has 7 heteroatoms. The minimum Gasteiger partial charge on any atom is -0.423 e. The highest BCUT2D eigenvalue weighted by atomic mass is 19.4. The van der Waals surface area contributed by atoms with E-state index in [4.69, 9.17) is 4.74 Å². The van der Waals surface area contributed by atoms with Crippen molar-refractivity contribution in [3.63, 3.8) is 0 Å². The molecular formula is C22H24F4O3. The van der Waals surface area contributed by atoms with Gasteiger partial charge in [0.15, 0.2) is 11.6 Å². The van der Waals surface area contributed by atoms with Gasteiger partial charge in [0, 0.05) is 7.49 Å². The Balaban J connectivity index is 0.00000320. The molecule has 1 fully saturated rings. The van der Waals surface area contributed by atoms with Crippen molar-refractivity contribution < 1.29 is 33.3 Å². The quantitative estimate of drug-likeness (QED) is 0.317. The molecule has 0 unspecified atom stereocenters. The van der Waals surface area contributed by atoms with Gasteiger partial charge < -0.3 is 9.47 Å². The number of halogens is 4. The summed E-state index contributed by atoms with van der Waals surface area (Å²) in [4.78, 5) is 12.2. The summed E-state index contributed by atoms with van der Waals surface area (Å²) in [6.07, 6.45) is 0.886. The number of carbonyl (C=O) groups excluding carboxylic acids is 1. The van der Waals surface area contributed by atoms with E-state index in [0.29, 0.717) is 12.0 Å². The second-order valence-electron chi connectivity index (χ2n) is 7.56. The number of benzene rings is 2. The summed E-state index contributed by atoms with van der Waals surface area (Å²) >= 11 is 0. The standard InChI is InChI=1S/C22H22F4O3.H2/c1-14-2-4-15(5-3-14)12-16-6-8-17(9-7-16)21(27)28-18-10-11-20(19(23)13-18)29-22(24,25)26;/h6-11,13-15H,2-5,12H2,1H3;1H. The van der Waals surface area contributed by atoms with Crippen molar-refractivity contribution in [2.24, 2.45) is 11.8 Å². The molecule has 1 saturated carbocycles. The predicted octanol–water partition coefficient (Wildman–Crippen LogP) is 6.56. The van der Waals surface area contributed by atoms with Crippen molar-refractivity contribution in [3.05, 3.63) is 59.4 Å². The van der Waals surface area contributed by atoms with E-state index in [9.17, 15) is 22.4 Å². The van der Waals surface area contributed by atoms with Gasteiger partial charge in [0.25, 0.3) is 0 Å². The summed E-state index contributed by atoms with van der Waals surface area (Å²) in [7, 11) is 0. The molecule has 0 bridgehead atoms. The van der Waals surface area contributed by atoms with Crippen LogP contribution >= 0.6 is 0 Å². The normalized spacial score (nSPS) is 19.6. The van der Waals surface area contributed by atoms with Crippen LogP contribution in [-0.4, -0.2) is 12.3 Å². The zero-order valence-electron chi connectivity index (χ0n) is 16.0. The summed E-state index contributed by atoms with van der Waals surface area (Å²) in [6.45, 7) is 2.28. The predicted molar refractivity (Wildman–Crippen MR) is 101 cm³/mol. The summed E-state index contributed by atoms with van der Waals surface area (Å²) in [5.74, 6) is -1.73. The molecule has 0 heterocycles. The van der Waals surface area contributed by atoms with Crippen molar-refractivity contribution in [1.82, 2.24) is 0 Å². The fourth-order valence-corrected chi connectivity index (χ4v) is 3.56. The van der Waals surface area contributed by atoms with Gasteiger partial charge in [0.2, 0.25) is 0 Å². The number of hydrogen-bond donors (Lipinski definition) is 0. The van der Waals surface area contributed by atoms with Gasteiger partial charge in [-0.2, -0.15) is 0 Å². The summed E-state index contributed by atoms with van der Waals surface area (Å²) in [5, 5.41) is 0. The van der Waals surface area contributed by atoms with Crippen LogP contribution in [0.25, 0.3) is 0 Å². The third-order valence-corrected chi connectivity index (χ3v) is 5.19. The number of carbonyl (C=O) groups is 1. The van der Waals surface area contributed by atoms with Crippen LogP contribution in [0.15, 0.2) is 42.5 Å². The van der Waals surface area contributed by atoms with E-state index in [-0.39, 0.29) is 12.7 Å². The van der Waals surface area contributed by atoms with Gasteiger partial charge in [0.1, 0.15) is 5.75 Å². The van der Waals surface area contributed by atoms with Crippen LogP contribution in [0.3, 0.4) is 0 Å². The summed E-state index contributed by atoms with van der Waals surface area (Å²) in [5.41, 5.74) is 1.42. The molecule has 0 spiro atoms. The molecule has 0 aliphatic heterocycles. The Bertz CT molecular complexity index is 844. The zero-order valence-corrected chi connectivity index (χ0v) is 16.0. The monoisotopic (exact) mass is 412 g/mol. The van der Waals surface area contributed by atoms with E-state index in [2.05, 4.69) is 11.7 Å². The van der Waals surface area contributed by atoms with Gasteiger partial charge in [-0.15, -0.1) is 13.2 Å². The molecule has 0 aromatic heterocycles. The Kier molecular flexibility index (Phi) is 6.45. The van der Waals surface area contributed by atoms with Crippen LogP contribution < -0.4 is 9.47 Å². The number of rotatable bonds is 5. The van der Waals surface area contributed by atoms with E-state index >= 15 is 0 Å². The van der Waals surface area contributed by atoms with E-state index in [1.54, 1.807) is 12.1 Å². The molecule has 0 N–H and O–H groups in total. The zero-order chi connectivity index (χ0) is 21.0. The average molecular weight is 412 g/mol. The summed E-state index contributed by atoms with van der Waals surface area (Å²) < 4.78 is 58.8. The van der Waals surface area contributed by atoms with Crippen molar-refractivity contribution in [3.8, 4) is 11.5 Å². The van der Waals surface area contributed by atoms with E-state index in [1.165, 1.54) is 25.7 Å². The number of esters is 1. The van der Waals surface area contributed by atoms with Crippen LogP contribution in [-0.2, 0) is 6.42 Å². The first kappa shape index (κ1) is 21.1. The van der Waals surface area contributed by atoms with Crippen molar-refractivity contribution >= 4 is 5.97 Å². The van der Waals surface area contributed by atoms with Gasteiger partial charge in [0.05, 0.1) is 5.56 Å². The first-order valence-corrected chi connectivity index (χ1v) is 9.56. The lowest BCUT2D eigenvalue weighted by atomic mass is 9.80. The molecule has 0 amide bonds. The molecular weight excluding hydrogens is 388 g/mol. The average Bonchev–Trinajstić information content (AvgIpc) is 2.65. The molecule has 0 radical (unpaired) electrons. The highest BCUT2D eigenvalue weighted by molar-refractivity contribution is 5.91. The van der Waals surface area contributed by atoms with Crippen LogP contribution in [0, 0.1) is 17.7 Å². The highest BCUT2D eigenvalue weighted by Gasteiger charge is 2.32. The van der Waals surface area contributed by atoms with Crippen LogP contribution in [0.1, 0.15) is 50.0 Å². The van der Waals surface area contributed by atoms with Gasteiger partial charge in [-0.05, 0) is 60.9 Å². The number of alkyl halides is 3. The molecule has 0 saturated heterocycles. The molecule has 3 rings (SSSR count). The second kappa shape index (κ2) is 8.84. The lowest BCUT2D eigenvalue weighted by molar-refractivity contribution is -0.275. The van der Waals surface area contributed by atoms with Crippen molar-refractivity contribution in [2.45, 2.75) is 45.4 Å². The van der Waals surface area contributed by atoms with Gasteiger partial charge in [-0.3, -0.25) is 0 Å². The maximum Gasteiger partial charge on any atom is 0.573 e. The van der Waals surface area contributed by atoms with E-state index in [1.807, 2.05) is 12.1 Å². The Labute approximate surface area is 168 Å². The lowest BCUT2D eigenvalue weighted by Gasteiger charge is -2.26. The largest absolute Gasteiger partial charge is 0.573 e. The third-order valence-electron chi connectivity index (χ3n) is 5.19. The maximum absolute atomic E-state index is 13.7. The SMILES string of the molecule is CC1CCC(Cc2ccc(C(=O)Oc3ccc(OC(F)(F)F)c(F)c3)cc2)CC1.[HH]. The fraction of sp³-hybridized carbons (Fsp3) is 0.409. The van der Waals surface area contributed by atoms with E-state index < -0.39 is 23.9 Å². The van der Waals surface area contributed by atoms with Crippen LogP contribution in [0.4, 0.5) is 17.6 Å². The minimum atomic E-state index is -5.00. The van der Waals surface area contributed by atoms with Crippen LogP contribution in [0.2, 0.25) is 0 Å². The molecule has 1 aliphatic rings. The fourth-order valence-electron chi connectivity index (χ4n) is 3.56. The lowest BCUT2D eigenvalue weighted by Crippen LogP contribution is -2.18. The Morgan fingerprint density at radius 2 is 1.72 bits per heavy atom. The highest BCUT2D eigenvalue weighted by Crippen LogP contribution is 2.31. The molecule has 0 atom stereocenters.